The Bertz CT molecular complexity index is 129. The zero-order valence-electron chi connectivity index (χ0n) is 7.83. The summed E-state index contributed by atoms with van der Waals surface area (Å²) in [6, 6.07) is 0.0347. The van der Waals surface area contributed by atoms with Crippen LogP contribution in [-0.4, -0.2) is 35.1 Å². The lowest BCUT2D eigenvalue weighted by molar-refractivity contribution is -0.180. The van der Waals surface area contributed by atoms with Crippen LogP contribution in [0.25, 0.3) is 0 Å². The van der Waals surface area contributed by atoms with Crippen molar-refractivity contribution < 1.29 is 5.21 Å². The van der Waals surface area contributed by atoms with Gasteiger partial charge in [0.05, 0.1) is 12.6 Å². The second-order valence-electron chi connectivity index (χ2n) is 3.77. The third-order valence-electron chi connectivity index (χ3n) is 1.50. The first-order valence-corrected chi connectivity index (χ1v) is 3.80. The van der Waals surface area contributed by atoms with Gasteiger partial charge in [-0.05, 0) is 34.4 Å². The van der Waals surface area contributed by atoms with E-state index in [1.165, 1.54) is 5.06 Å². The van der Waals surface area contributed by atoms with Crippen LogP contribution in [0.2, 0.25) is 0 Å². The fraction of sp³-hybridized carbons (Fsp3) is 0.875. The molecule has 0 radical (unpaired) electrons. The van der Waals surface area contributed by atoms with E-state index < -0.39 is 0 Å². The summed E-state index contributed by atoms with van der Waals surface area (Å²) < 4.78 is 0. The van der Waals surface area contributed by atoms with Crippen molar-refractivity contribution in [2.24, 2.45) is 4.99 Å². The normalized spacial score (nSPS) is 15.1. The maximum absolute atomic E-state index is 9.53. The van der Waals surface area contributed by atoms with E-state index in [1.807, 2.05) is 27.7 Å². The van der Waals surface area contributed by atoms with Gasteiger partial charge in [0.15, 0.2) is 0 Å². The number of rotatable bonds is 3. The fourth-order valence-electron chi connectivity index (χ4n) is 0.925. The van der Waals surface area contributed by atoms with E-state index in [4.69, 9.17) is 0 Å². The van der Waals surface area contributed by atoms with Crippen molar-refractivity contribution in [2.45, 2.75) is 39.3 Å². The van der Waals surface area contributed by atoms with E-state index in [9.17, 15) is 5.21 Å². The number of nitrogens with zero attached hydrogens (tertiary/aromatic N) is 2. The van der Waals surface area contributed by atoms with Crippen LogP contribution in [0, 0.1) is 0 Å². The first kappa shape index (κ1) is 10.6. The Morgan fingerprint density at radius 2 is 2.00 bits per heavy atom. The SMILES string of the molecule is C=NCC(C)N(O)C(C)(C)C. The van der Waals surface area contributed by atoms with Gasteiger partial charge in [0, 0.05) is 5.54 Å². The quantitative estimate of drug-likeness (QED) is 0.500. The highest BCUT2D eigenvalue weighted by molar-refractivity contribution is 5.23. The van der Waals surface area contributed by atoms with Crippen LogP contribution in [0.3, 0.4) is 0 Å². The van der Waals surface area contributed by atoms with Gasteiger partial charge < -0.3 is 5.21 Å². The maximum atomic E-state index is 9.53. The Morgan fingerprint density at radius 3 is 2.27 bits per heavy atom. The van der Waals surface area contributed by atoms with Gasteiger partial charge in [-0.2, -0.15) is 5.06 Å². The average molecular weight is 158 g/mol. The minimum absolute atomic E-state index is 0.0347. The van der Waals surface area contributed by atoms with Crippen LogP contribution in [0.4, 0.5) is 0 Å². The van der Waals surface area contributed by atoms with Crippen molar-refractivity contribution in [1.82, 2.24) is 5.06 Å². The van der Waals surface area contributed by atoms with E-state index >= 15 is 0 Å². The largest absolute Gasteiger partial charge is 0.313 e. The fourth-order valence-corrected chi connectivity index (χ4v) is 0.925. The molecule has 0 saturated heterocycles. The molecule has 0 aromatic rings. The molecular weight excluding hydrogens is 140 g/mol. The monoisotopic (exact) mass is 158 g/mol. The molecule has 0 spiro atoms. The first-order valence-electron chi connectivity index (χ1n) is 3.80. The molecule has 0 aliphatic carbocycles. The van der Waals surface area contributed by atoms with Crippen molar-refractivity contribution >= 4 is 6.72 Å². The molecule has 0 aromatic heterocycles. The standard InChI is InChI=1S/C8H18N2O/c1-7(6-9-5)10(11)8(2,3)4/h7,11H,5-6H2,1-4H3. The number of hydrogen-bond donors (Lipinski definition) is 1. The van der Waals surface area contributed by atoms with Crippen molar-refractivity contribution in [1.29, 1.82) is 0 Å². The van der Waals surface area contributed by atoms with E-state index in [0.717, 1.165) is 0 Å². The van der Waals surface area contributed by atoms with Gasteiger partial charge in [-0.15, -0.1) is 0 Å². The topological polar surface area (TPSA) is 35.8 Å². The van der Waals surface area contributed by atoms with Crippen LogP contribution in [0.5, 0.6) is 0 Å². The minimum atomic E-state index is -0.218. The smallest absolute Gasteiger partial charge is 0.0558 e. The minimum Gasteiger partial charge on any atom is -0.313 e. The Hall–Kier alpha value is -0.410. The van der Waals surface area contributed by atoms with Crippen molar-refractivity contribution in [2.75, 3.05) is 6.54 Å². The molecule has 0 aliphatic heterocycles. The molecular formula is C8H18N2O. The Labute approximate surface area is 68.7 Å². The van der Waals surface area contributed by atoms with Crippen LogP contribution in [0.1, 0.15) is 27.7 Å². The van der Waals surface area contributed by atoms with Crippen LogP contribution in [0.15, 0.2) is 4.99 Å². The summed E-state index contributed by atoms with van der Waals surface area (Å²) in [7, 11) is 0. The molecule has 3 heteroatoms. The maximum Gasteiger partial charge on any atom is 0.0558 e. The second kappa shape index (κ2) is 3.83. The van der Waals surface area contributed by atoms with Gasteiger partial charge in [0.1, 0.15) is 0 Å². The van der Waals surface area contributed by atoms with Gasteiger partial charge in [-0.1, -0.05) is 0 Å². The van der Waals surface area contributed by atoms with Gasteiger partial charge in [0.25, 0.3) is 0 Å². The second-order valence-corrected chi connectivity index (χ2v) is 3.77. The van der Waals surface area contributed by atoms with Crippen molar-refractivity contribution in [3.63, 3.8) is 0 Å². The van der Waals surface area contributed by atoms with Crippen LogP contribution in [-0.2, 0) is 0 Å². The molecule has 1 unspecified atom stereocenters. The van der Waals surface area contributed by atoms with E-state index in [-0.39, 0.29) is 11.6 Å². The third kappa shape index (κ3) is 3.49. The molecule has 0 fully saturated rings. The lowest BCUT2D eigenvalue weighted by atomic mass is 10.1. The van der Waals surface area contributed by atoms with E-state index in [2.05, 4.69) is 11.7 Å². The third-order valence-corrected chi connectivity index (χ3v) is 1.50. The summed E-state index contributed by atoms with van der Waals surface area (Å²) in [4.78, 5) is 3.72. The van der Waals surface area contributed by atoms with Crippen molar-refractivity contribution in [3.8, 4) is 0 Å². The zero-order chi connectivity index (χ0) is 9.07. The van der Waals surface area contributed by atoms with E-state index in [1.54, 1.807) is 0 Å². The Morgan fingerprint density at radius 1 is 1.55 bits per heavy atom. The van der Waals surface area contributed by atoms with Crippen LogP contribution < -0.4 is 0 Å². The lowest BCUT2D eigenvalue weighted by Crippen LogP contribution is -2.45. The molecule has 1 N–H and O–H groups in total. The highest BCUT2D eigenvalue weighted by Crippen LogP contribution is 2.13. The molecule has 0 amide bonds. The average Bonchev–Trinajstić information content (AvgIpc) is 1.85. The summed E-state index contributed by atoms with van der Waals surface area (Å²) in [5, 5.41) is 10.8. The highest BCUT2D eigenvalue weighted by Gasteiger charge is 2.23. The molecule has 0 saturated carbocycles. The summed E-state index contributed by atoms with van der Waals surface area (Å²) in [6.07, 6.45) is 0. The molecule has 0 aliphatic rings. The molecule has 1 atom stereocenters. The molecule has 0 heterocycles. The number of hydrogen-bond acceptors (Lipinski definition) is 3. The summed E-state index contributed by atoms with van der Waals surface area (Å²) in [5.41, 5.74) is -0.218. The Kier molecular flexibility index (Phi) is 3.69. The van der Waals surface area contributed by atoms with Gasteiger partial charge in [-0.25, -0.2) is 0 Å². The predicted octanol–water partition coefficient (Wildman–Crippen LogP) is 1.57. The number of hydroxylamine groups is 2. The lowest BCUT2D eigenvalue weighted by Gasteiger charge is -2.33. The van der Waals surface area contributed by atoms with E-state index in [0.29, 0.717) is 6.54 Å². The predicted molar refractivity (Wildman–Crippen MR) is 47.3 cm³/mol. The number of aliphatic imine (C=N–C) groups is 1. The van der Waals surface area contributed by atoms with Crippen LogP contribution >= 0.6 is 0 Å². The molecule has 3 nitrogen and oxygen atoms in total. The summed E-state index contributed by atoms with van der Waals surface area (Å²) >= 11 is 0. The van der Waals surface area contributed by atoms with Crippen molar-refractivity contribution in [3.05, 3.63) is 0 Å². The Balaban J connectivity index is 4.01. The highest BCUT2D eigenvalue weighted by atomic mass is 16.5. The summed E-state index contributed by atoms with van der Waals surface area (Å²) in [5.74, 6) is 0. The molecule has 11 heavy (non-hydrogen) atoms. The van der Waals surface area contributed by atoms with Gasteiger partial charge >= 0.3 is 0 Å². The van der Waals surface area contributed by atoms with Gasteiger partial charge in [0.2, 0.25) is 0 Å². The zero-order valence-corrected chi connectivity index (χ0v) is 7.83. The molecule has 0 bridgehead atoms. The summed E-state index contributed by atoms with van der Waals surface area (Å²) in [6.45, 7) is 11.7. The first-order chi connectivity index (χ1) is 4.89. The molecule has 0 rings (SSSR count). The molecule has 0 aromatic carbocycles. The van der Waals surface area contributed by atoms with Gasteiger partial charge in [-0.3, -0.25) is 4.99 Å². The molecule has 66 valence electrons.